The summed E-state index contributed by atoms with van der Waals surface area (Å²) < 4.78 is 24.6. The van der Waals surface area contributed by atoms with E-state index in [-0.39, 0.29) is 29.8 Å². The molecule has 1 atom stereocenters. The molecule has 0 aliphatic heterocycles. The molecule has 0 aliphatic carbocycles. The van der Waals surface area contributed by atoms with Crippen molar-refractivity contribution in [2.75, 3.05) is 19.3 Å². The molecule has 1 rings (SSSR count). The smallest absolute Gasteiger partial charge is 0.212 e. The molecule has 18 heavy (non-hydrogen) atoms. The van der Waals surface area contributed by atoms with E-state index in [0.717, 1.165) is 0 Å². The highest BCUT2D eigenvalue weighted by Gasteiger charge is 2.12. The number of aromatic hydroxyl groups is 2. The van der Waals surface area contributed by atoms with Crippen LogP contribution in [0.4, 0.5) is 0 Å². The van der Waals surface area contributed by atoms with Gasteiger partial charge >= 0.3 is 0 Å². The van der Waals surface area contributed by atoms with E-state index in [1.807, 2.05) is 0 Å². The van der Waals surface area contributed by atoms with Gasteiger partial charge in [-0.1, -0.05) is 6.07 Å². The van der Waals surface area contributed by atoms with Crippen LogP contribution >= 0.6 is 0 Å². The molecule has 0 aromatic heterocycles. The van der Waals surface area contributed by atoms with Gasteiger partial charge in [-0.15, -0.1) is 0 Å². The monoisotopic (exact) mass is 274 g/mol. The Balaban J connectivity index is 2.58. The lowest BCUT2D eigenvalue weighted by Crippen LogP contribution is -2.30. The molecule has 0 saturated heterocycles. The highest BCUT2D eigenvalue weighted by Crippen LogP contribution is 2.27. The first-order valence-corrected chi connectivity index (χ1v) is 7.17. The second-order valence-corrected chi connectivity index (χ2v) is 5.99. The fourth-order valence-corrected chi connectivity index (χ4v) is 2.11. The van der Waals surface area contributed by atoms with Crippen LogP contribution in [0, 0.1) is 0 Å². The Kier molecular flexibility index (Phi) is 4.94. The van der Waals surface area contributed by atoms with Crippen molar-refractivity contribution < 1.29 is 18.6 Å². The van der Waals surface area contributed by atoms with Crippen LogP contribution in [-0.4, -0.2) is 38.0 Å². The van der Waals surface area contributed by atoms with E-state index in [0.29, 0.717) is 5.56 Å². The lowest BCUT2D eigenvalue weighted by atomic mass is 10.1. The molecule has 1 aromatic carbocycles. The van der Waals surface area contributed by atoms with Gasteiger partial charge in [0, 0.05) is 24.2 Å². The summed E-state index contributed by atoms with van der Waals surface area (Å²) in [5.41, 5.74) is 0.606. The molecule has 0 spiro atoms. The summed E-state index contributed by atoms with van der Waals surface area (Å²) in [7, 11) is -1.86. The summed E-state index contributed by atoms with van der Waals surface area (Å²) in [6, 6.07) is 4.10. The highest BCUT2D eigenvalue weighted by atomic mass is 32.2. The van der Waals surface area contributed by atoms with Gasteiger partial charge in [0.05, 0.1) is 5.75 Å². The molecule has 0 aliphatic rings. The number of phenolic OH excluding ortho intramolecular Hbond substituents is 2. The third-order valence-corrected chi connectivity index (χ3v) is 3.98. The average Bonchev–Trinajstić information content (AvgIpc) is 2.28. The molecule has 6 nitrogen and oxygen atoms in total. The Morgan fingerprint density at radius 2 is 2.00 bits per heavy atom. The second kappa shape index (κ2) is 6.03. The number of hydrogen-bond acceptors (Lipinski definition) is 5. The van der Waals surface area contributed by atoms with E-state index in [9.17, 15) is 13.5 Å². The summed E-state index contributed by atoms with van der Waals surface area (Å²) in [5, 5.41) is 21.8. The van der Waals surface area contributed by atoms with Crippen LogP contribution in [0.25, 0.3) is 0 Å². The first-order chi connectivity index (χ1) is 8.35. The normalized spacial score (nSPS) is 13.4. The number of rotatable bonds is 6. The molecule has 4 N–H and O–H groups in total. The summed E-state index contributed by atoms with van der Waals surface area (Å²) in [4.78, 5) is 0. The van der Waals surface area contributed by atoms with E-state index < -0.39 is 10.0 Å². The average molecular weight is 274 g/mol. The van der Waals surface area contributed by atoms with Gasteiger partial charge in [0.15, 0.2) is 0 Å². The van der Waals surface area contributed by atoms with Crippen molar-refractivity contribution in [2.45, 2.75) is 13.0 Å². The maximum absolute atomic E-state index is 11.2. The lowest BCUT2D eigenvalue weighted by molar-refractivity contribution is 0.437. The summed E-state index contributed by atoms with van der Waals surface area (Å²) >= 11 is 0. The Morgan fingerprint density at radius 3 is 2.56 bits per heavy atom. The van der Waals surface area contributed by atoms with Crippen molar-refractivity contribution in [1.82, 2.24) is 10.0 Å². The van der Waals surface area contributed by atoms with Crippen molar-refractivity contribution in [3.63, 3.8) is 0 Å². The summed E-state index contributed by atoms with van der Waals surface area (Å²) in [6.45, 7) is 2.07. The molecule has 0 saturated carbocycles. The number of hydrogen-bond donors (Lipinski definition) is 4. The van der Waals surface area contributed by atoms with Crippen molar-refractivity contribution >= 4 is 10.0 Å². The SMILES string of the molecule is CNS(=O)(=O)CCNC(C)c1ccc(O)cc1O. The van der Waals surface area contributed by atoms with Gasteiger partial charge in [-0.05, 0) is 20.0 Å². The molecule has 0 amide bonds. The molecule has 1 aromatic rings. The maximum Gasteiger partial charge on any atom is 0.212 e. The molecule has 0 bridgehead atoms. The first kappa shape index (κ1) is 14.7. The van der Waals surface area contributed by atoms with Crippen LogP contribution in [0.2, 0.25) is 0 Å². The topological polar surface area (TPSA) is 98.7 Å². The summed E-state index contributed by atoms with van der Waals surface area (Å²) in [6.07, 6.45) is 0. The van der Waals surface area contributed by atoms with Gasteiger partial charge in [-0.2, -0.15) is 0 Å². The molecular formula is C11H18N2O4S. The van der Waals surface area contributed by atoms with Crippen molar-refractivity contribution in [3.8, 4) is 11.5 Å². The predicted octanol–water partition coefficient (Wildman–Crippen LogP) is 0.298. The van der Waals surface area contributed by atoms with E-state index in [4.69, 9.17) is 5.11 Å². The van der Waals surface area contributed by atoms with Gasteiger partial charge in [0.2, 0.25) is 10.0 Å². The van der Waals surface area contributed by atoms with Gasteiger partial charge in [0.25, 0.3) is 0 Å². The van der Waals surface area contributed by atoms with Gasteiger partial charge in [-0.25, -0.2) is 13.1 Å². The van der Waals surface area contributed by atoms with E-state index in [1.54, 1.807) is 13.0 Å². The maximum atomic E-state index is 11.2. The third-order valence-electron chi connectivity index (χ3n) is 2.61. The quantitative estimate of drug-likeness (QED) is 0.598. The van der Waals surface area contributed by atoms with E-state index in [2.05, 4.69) is 10.0 Å². The Labute approximate surface area is 107 Å². The highest BCUT2D eigenvalue weighted by molar-refractivity contribution is 7.89. The zero-order valence-electron chi connectivity index (χ0n) is 10.3. The first-order valence-electron chi connectivity index (χ1n) is 5.52. The Bertz CT molecular complexity index is 502. The molecular weight excluding hydrogens is 256 g/mol. The van der Waals surface area contributed by atoms with Crippen molar-refractivity contribution in [3.05, 3.63) is 23.8 Å². The van der Waals surface area contributed by atoms with Gasteiger partial charge in [0.1, 0.15) is 11.5 Å². The van der Waals surface area contributed by atoms with Crippen molar-refractivity contribution in [2.24, 2.45) is 0 Å². The van der Waals surface area contributed by atoms with Crippen LogP contribution in [0.1, 0.15) is 18.5 Å². The lowest BCUT2D eigenvalue weighted by Gasteiger charge is -2.15. The van der Waals surface area contributed by atoms with Crippen molar-refractivity contribution in [1.29, 1.82) is 0 Å². The standard InChI is InChI=1S/C11H18N2O4S/c1-8(13-5-6-18(16,17)12-2)10-4-3-9(14)7-11(10)15/h3-4,7-8,12-15H,5-6H2,1-2H3. The fraction of sp³-hybridized carbons (Fsp3) is 0.455. The zero-order chi connectivity index (χ0) is 13.8. The Hall–Kier alpha value is -1.31. The van der Waals surface area contributed by atoms with Gasteiger partial charge in [-0.3, -0.25) is 0 Å². The fourth-order valence-electron chi connectivity index (χ4n) is 1.52. The molecule has 102 valence electrons. The predicted molar refractivity (Wildman–Crippen MR) is 69.0 cm³/mol. The minimum atomic E-state index is -3.23. The largest absolute Gasteiger partial charge is 0.508 e. The van der Waals surface area contributed by atoms with Crippen LogP contribution < -0.4 is 10.0 Å². The van der Waals surface area contributed by atoms with Crippen LogP contribution in [0.5, 0.6) is 11.5 Å². The number of phenols is 2. The molecule has 0 fully saturated rings. The van der Waals surface area contributed by atoms with E-state index >= 15 is 0 Å². The number of benzene rings is 1. The minimum Gasteiger partial charge on any atom is -0.508 e. The zero-order valence-corrected chi connectivity index (χ0v) is 11.2. The Morgan fingerprint density at radius 1 is 1.33 bits per heavy atom. The number of nitrogens with one attached hydrogen (secondary N) is 2. The summed E-state index contributed by atoms with van der Waals surface area (Å²) in [5.74, 6) is -0.0696. The molecule has 0 radical (unpaired) electrons. The number of sulfonamides is 1. The second-order valence-electron chi connectivity index (χ2n) is 3.94. The molecule has 0 heterocycles. The molecule has 7 heteroatoms. The van der Waals surface area contributed by atoms with E-state index in [1.165, 1.54) is 19.2 Å². The van der Waals surface area contributed by atoms with Crippen LogP contribution in [0.3, 0.4) is 0 Å². The van der Waals surface area contributed by atoms with Crippen LogP contribution in [-0.2, 0) is 10.0 Å². The molecule has 1 unspecified atom stereocenters. The van der Waals surface area contributed by atoms with Gasteiger partial charge < -0.3 is 15.5 Å². The minimum absolute atomic E-state index is 0.0128. The third kappa shape index (κ3) is 4.17. The van der Waals surface area contributed by atoms with Crippen LogP contribution in [0.15, 0.2) is 18.2 Å².